The van der Waals surface area contributed by atoms with Gasteiger partial charge in [-0.1, -0.05) is 13.8 Å². The van der Waals surface area contributed by atoms with Crippen LogP contribution in [0.1, 0.15) is 30.6 Å². The molecule has 1 heterocycles. The van der Waals surface area contributed by atoms with Gasteiger partial charge in [-0.2, -0.15) is 4.39 Å². The van der Waals surface area contributed by atoms with Crippen LogP contribution in [0.3, 0.4) is 0 Å². The molecule has 1 aromatic heterocycles. The van der Waals surface area contributed by atoms with Gasteiger partial charge in [-0.25, -0.2) is 9.37 Å². The third kappa shape index (κ3) is 2.43. The Bertz CT molecular complexity index is 460. The lowest BCUT2D eigenvalue weighted by Crippen LogP contribution is -2.27. The summed E-state index contributed by atoms with van der Waals surface area (Å²) in [7, 11) is 0. The number of hydrogen-bond acceptors (Lipinski definition) is 2. The predicted octanol–water partition coefficient (Wildman–Crippen LogP) is 2.14. The molecule has 1 aromatic rings. The summed E-state index contributed by atoms with van der Waals surface area (Å²) in [6.45, 7) is 4.71. The van der Waals surface area contributed by atoms with E-state index in [2.05, 4.69) is 24.1 Å². The number of aromatic nitrogens is 1. The second-order valence-corrected chi connectivity index (χ2v) is 5.06. The molecule has 17 heavy (non-hydrogen) atoms. The Balaban J connectivity index is 1.98. The average molecular weight is 240 g/mol. The third-order valence-electron chi connectivity index (χ3n) is 3.32. The zero-order chi connectivity index (χ0) is 12.6. The van der Waals surface area contributed by atoms with Crippen LogP contribution in [0, 0.1) is 23.1 Å². The number of carbonyl (C=O) groups is 1. The fraction of sp³-hybridized carbons (Fsp3) is 0.500. The fourth-order valence-corrected chi connectivity index (χ4v) is 1.83. The summed E-state index contributed by atoms with van der Waals surface area (Å²) in [5, 5.41) is 2.61. The summed E-state index contributed by atoms with van der Waals surface area (Å²) >= 11 is 0. The molecule has 0 spiro atoms. The SMILES string of the molecule is CC1(C)CC1CNC(=O)c1ccnc(F)c1F. The van der Waals surface area contributed by atoms with Crippen molar-refractivity contribution < 1.29 is 13.6 Å². The molecule has 0 bridgehead atoms. The van der Waals surface area contributed by atoms with Crippen LogP contribution >= 0.6 is 0 Å². The van der Waals surface area contributed by atoms with Crippen LogP contribution in [0.25, 0.3) is 0 Å². The van der Waals surface area contributed by atoms with E-state index < -0.39 is 17.7 Å². The van der Waals surface area contributed by atoms with Crippen molar-refractivity contribution in [1.29, 1.82) is 0 Å². The minimum Gasteiger partial charge on any atom is -0.352 e. The van der Waals surface area contributed by atoms with Gasteiger partial charge in [0.05, 0.1) is 5.56 Å². The number of amides is 1. The highest BCUT2D eigenvalue weighted by Crippen LogP contribution is 2.50. The van der Waals surface area contributed by atoms with E-state index in [1.807, 2.05) is 0 Å². The maximum Gasteiger partial charge on any atom is 0.254 e. The summed E-state index contributed by atoms with van der Waals surface area (Å²) in [6, 6.07) is 1.17. The summed E-state index contributed by atoms with van der Waals surface area (Å²) in [5.41, 5.74) is -0.0501. The highest BCUT2D eigenvalue weighted by molar-refractivity contribution is 5.94. The van der Waals surface area contributed by atoms with Gasteiger partial charge in [0, 0.05) is 12.7 Å². The molecule has 1 aliphatic rings. The van der Waals surface area contributed by atoms with Crippen molar-refractivity contribution in [2.45, 2.75) is 20.3 Å². The Morgan fingerprint density at radius 1 is 1.59 bits per heavy atom. The monoisotopic (exact) mass is 240 g/mol. The summed E-state index contributed by atoms with van der Waals surface area (Å²) < 4.78 is 26.1. The molecule has 1 N–H and O–H groups in total. The zero-order valence-corrected chi connectivity index (χ0v) is 9.76. The Kier molecular flexibility index (Phi) is 2.85. The van der Waals surface area contributed by atoms with Gasteiger partial charge in [-0.3, -0.25) is 4.79 Å². The Hall–Kier alpha value is -1.52. The Labute approximate surface area is 98.2 Å². The molecule has 0 aliphatic heterocycles. The van der Waals surface area contributed by atoms with Crippen molar-refractivity contribution in [3.05, 3.63) is 29.6 Å². The predicted molar refractivity (Wildman–Crippen MR) is 58.4 cm³/mol. The number of nitrogens with one attached hydrogen (secondary N) is 1. The smallest absolute Gasteiger partial charge is 0.254 e. The molecule has 0 aromatic carbocycles. The maximum absolute atomic E-state index is 13.2. The lowest BCUT2D eigenvalue weighted by atomic mass is 10.1. The lowest BCUT2D eigenvalue weighted by Gasteiger charge is -2.07. The van der Waals surface area contributed by atoms with Gasteiger partial charge in [0.1, 0.15) is 0 Å². The minimum atomic E-state index is -1.25. The number of halogens is 2. The van der Waals surface area contributed by atoms with E-state index in [1.54, 1.807) is 0 Å². The summed E-state index contributed by atoms with van der Waals surface area (Å²) in [4.78, 5) is 14.7. The number of nitrogens with zero attached hydrogens (tertiary/aromatic N) is 1. The highest BCUT2D eigenvalue weighted by atomic mass is 19.2. The molecule has 1 aliphatic carbocycles. The second kappa shape index (κ2) is 4.05. The van der Waals surface area contributed by atoms with E-state index in [4.69, 9.17) is 0 Å². The van der Waals surface area contributed by atoms with E-state index >= 15 is 0 Å². The van der Waals surface area contributed by atoms with Gasteiger partial charge < -0.3 is 5.32 Å². The molecule has 0 radical (unpaired) electrons. The molecule has 1 fully saturated rings. The van der Waals surface area contributed by atoms with Crippen LogP contribution in [0.4, 0.5) is 8.78 Å². The number of hydrogen-bond donors (Lipinski definition) is 1. The topological polar surface area (TPSA) is 42.0 Å². The molecule has 0 saturated heterocycles. The van der Waals surface area contributed by atoms with Gasteiger partial charge in [0.15, 0.2) is 5.82 Å². The molecule has 5 heteroatoms. The maximum atomic E-state index is 13.2. The number of pyridine rings is 1. The van der Waals surface area contributed by atoms with Crippen LogP contribution in [0.15, 0.2) is 12.3 Å². The molecule has 92 valence electrons. The molecule has 1 amide bonds. The van der Waals surface area contributed by atoms with Gasteiger partial charge in [0.25, 0.3) is 5.91 Å². The first kappa shape index (κ1) is 12.0. The zero-order valence-electron chi connectivity index (χ0n) is 9.76. The van der Waals surface area contributed by atoms with Crippen LogP contribution in [0.5, 0.6) is 0 Å². The van der Waals surface area contributed by atoms with Gasteiger partial charge in [0.2, 0.25) is 5.95 Å². The number of carbonyl (C=O) groups excluding carboxylic acids is 1. The van der Waals surface area contributed by atoms with Crippen molar-refractivity contribution in [3.8, 4) is 0 Å². The van der Waals surface area contributed by atoms with E-state index in [1.165, 1.54) is 6.07 Å². The second-order valence-electron chi connectivity index (χ2n) is 5.06. The summed E-state index contributed by atoms with van der Waals surface area (Å²) in [5.74, 6) is -2.61. The molecule has 1 atom stereocenters. The minimum absolute atomic E-state index is 0.245. The molecule has 1 saturated carbocycles. The fourth-order valence-electron chi connectivity index (χ4n) is 1.83. The number of rotatable bonds is 3. The van der Waals surface area contributed by atoms with E-state index in [9.17, 15) is 13.6 Å². The van der Waals surface area contributed by atoms with Gasteiger partial charge in [-0.05, 0) is 23.8 Å². The molecule has 1 unspecified atom stereocenters. The van der Waals surface area contributed by atoms with Crippen molar-refractivity contribution >= 4 is 5.91 Å². The van der Waals surface area contributed by atoms with Crippen LogP contribution < -0.4 is 5.32 Å². The molecule has 3 nitrogen and oxygen atoms in total. The Morgan fingerprint density at radius 3 is 2.82 bits per heavy atom. The third-order valence-corrected chi connectivity index (χ3v) is 3.32. The lowest BCUT2D eigenvalue weighted by molar-refractivity contribution is 0.0945. The van der Waals surface area contributed by atoms with E-state index in [0.29, 0.717) is 12.5 Å². The highest BCUT2D eigenvalue weighted by Gasteiger charge is 2.45. The van der Waals surface area contributed by atoms with Crippen molar-refractivity contribution in [1.82, 2.24) is 10.3 Å². The molecular weight excluding hydrogens is 226 g/mol. The van der Waals surface area contributed by atoms with Crippen LogP contribution in [-0.2, 0) is 0 Å². The quantitative estimate of drug-likeness (QED) is 0.822. The van der Waals surface area contributed by atoms with Crippen molar-refractivity contribution in [2.75, 3.05) is 6.54 Å². The summed E-state index contributed by atoms with van der Waals surface area (Å²) in [6.07, 6.45) is 2.12. The van der Waals surface area contributed by atoms with Crippen LogP contribution in [0.2, 0.25) is 0 Å². The largest absolute Gasteiger partial charge is 0.352 e. The van der Waals surface area contributed by atoms with E-state index in [0.717, 1.165) is 12.6 Å². The first-order chi connectivity index (χ1) is 7.92. The standard InChI is InChI=1S/C12H14F2N2O/c1-12(2)5-7(12)6-16-11(17)8-3-4-15-10(14)9(8)13/h3-4,7H,5-6H2,1-2H3,(H,16,17). The van der Waals surface area contributed by atoms with Gasteiger partial charge in [-0.15, -0.1) is 0 Å². The average Bonchev–Trinajstić information content (AvgIpc) is 2.87. The van der Waals surface area contributed by atoms with E-state index in [-0.39, 0.29) is 11.0 Å². The first-order valence-electron chi connectivity index (χ1n) is 5.50. The first-order valence-corrected chi connectivity index (χ1v) is 5.50. The van der Waals surface area contributed by atoms with Gasteiger partial charge >= 0.3 is 0 Å². The van der Waals surface area contributed by atoms with Crippen molar-refractivity contribution in [3.63, 3.8) is 0 Å². The normalized spacial score (nSPS) is 21.1. The Morgan fingerprint density at radius 2 is 2.24 bits per heavy atom. The molecular formula is C12H14F2N2O. The van der Waals surface area contributed by atoms with Crippen molar-refractivity contribution in [2.24, 2.45) is 11.3 Å². The molecule has 2 rings (SSSR count). The van der Waals surface area contributed by atoms with Crippen LogP contribution in [-0.4, -0.2) is 17.4 Å².